The number of amides is 1. The third kappa shape index (κ3) is 2.56. The van der Waals surface area contributed by atoms with Gasteiger partial charge in [0.05, 0.1) is 11.7 Å². The third-order valence-corrected chi connectivity index (χ3v) is 3.47. The van der Waals surface area contributed by atoms with Crippen molar-refractivity contribution in [2.24, 2.45) is 0 Å². The van der Waals surface area contributed by atoms with E-state index in [1.165, 1.54) is 0 Å². The van der Waals surface area contributed by atoms with Crippen LogP contribution in [0, 0.1) is 0 Å². The Kier molecular flexibility index (Phi) is 3.51. The zero-order valence-corrected chi connectivity index (χ0v) is 12.0. The first-order valence-electron chi connectivity index (χ1n) is 6.91. The van der Waals surface area contributed by atoms with E-state index in [1.54, 1.807) is 24.4 Å². The molecule has 1 unspecified atom stereocenters. The van der Waals surface area contributed by atoms with Gasteiger partial charge in [0.25, 0.3) is 5.91 Å². The van der Waals surface area contributed by atoms with Gasteiger partial charge in [-0.05, 0) is 38.1 Å². The molecule has 1 aromatic carbocycles. The van der Waals surface area contributed by atoms with Gasteiger partial charge in [0.15, 0.2) is 11.5 Å². The Balaban J connectivity index is 1.74. The number of benzene rings is 1. The minimum Gasteiger partial charge on any atom is -0.454 e. The van der Waals surface area contributed by atoms with E-state index in [2.05, 4.69) is 10.4 Å². The summed E-state index contributed by atoms with van der Waals surface area (Å²) < 4.78 is 12.4. The van der Waals surface area contributed by atoms with E-state index >= 15 is 0 Å². The molecule has 1 aromatic heterocycles. The Bertz CT molecular complexity index is 666. The molecule has 6 nitrogen and oxygen atoms in total. The highest BCUT2D eigenvalue weighted by atomic mass is 16.7. The van der Waals surface area contributed by atoms with Crippen LogP contribution in [-0.2, 0) is 6.54 Å². The summed E-state index contributed by atoms with van der Waals surface area (Å²) in [6.07, 6.45) is 1.74. The van der Waals surface area contributed by atoms with Crippen molar-refractivity contribution in [1.82, 2.24) is 15.1 Å². The highest BCUT2D eigenvalue weighted by molar-refractivity contribution is 5.95. The third-order valence-electron chi connectivity index (χ3n) is 3.47. The second kappa shape index (κ2) is 5.47. The van der Waals surface area contributed by atoms with Gasteiger partial charge in [-0.15, -0.1) is 0 Å². The van der Waals surface area contributed by atoms with Crippen LogP contribution in [-0.4, -0.2) is 22.5 Å². The molecule has 0 aliphatic carbocycles. The minimum atomic E-state index is -0.148. The molecule has 110 valence electrons. The number of hydrogen-bond donors (Lipinski definition) is 1. The lowest BCUT2D eigenvalue weighted by molar-refractivity contribution is 0.0938. The summed E-state index contributed by atoms with van der Waals surface area (Å²) in [6, 6.07) is 6.96. The number of rotatable bonds is 4. The summed E-state index contributed by atoms with van der Waals surface area (Å²) in [6.45, 7) is 4.93. The van der Waals surface area contributed by atoms with Gasteiger partial charge in [0.2, 0.25) is 6.79 Å². The minimum absolute atomic E-state index is 0.120. The fourth-order valence-corrected chi connectivity index (χ4v) is 2.37. The number of nitrogens with one attached hydrogen (secondary N) is 1. The van der Waals surface area contributed by atoms with Gasteiger partial charge >= 0.3 is 0 Å². The van der Waals surface area contributed by atoms with Gasteiger partial charge in [-0.3, -0.25) is 9.48 Å². The van der Waals surface area contributed by atoms with Crippen molar-refractivity contribution in [1.29, 1.82) is 0 Å². The zero-order valence-electron chi connectivity index (χ0n) is 12.0. The van der Waals surface area contributed by atoms with Crippen molar-refractivity contribution in [3.05, 3.63) is 41.7 Å². The summed E-state index contributed by atoms with van der Waals surface area (Å²) in [5.74, 6) is 1.13. The molecular formula is C15H17N3O3. The average molecular weight is 287 g/mol. The first-order chi connectivity index (χ1) is 10.2. The van der Waals surface area contributed by atoms with E-state index in [0.29, 0.717) is 17.1 Å². The maximum atomic E-state index is 12.3. The van der Waals surface area contributed by atoms with E-state index in [0.717, 1.165) is 12.2 Å². The predicted molar refractivity (Wildman–Crippen MR) is 76.3 cm³/mol. The predicted octanol–water partition coefficient (Wildman–Crippen LogP) is 2.12. The number of ether oxygens (including phenoxy) is 2. The Labute approximate surface area is 122 Å². The largest absolute Gasteiger partial charge is 0.454 e. The number of aromatic nitrogens is 2. The molecule has 1 atom stereocenters. The van der Waals surface area contributed by atoms with Gasteiger partial charge in [0, 0.05) is 18.3 Å². The lowest BCUT2D eigenvalue weighted by atomic mass is 10.1. The maximum absolute atomic E-state index is 12.3. The van der Waals surface area contributed by atoms with Crippen LogP contribution in [0.5, 0.6) is 11.5 Å². The summed E-state index contributed by atoms with van der Waals surface area (Å²) >= 11 is 0. The molecule has 0 bridgehead atoms. The summed E-state index contributed by atoms with van der Waals surface area (Å²) in [4.78, 5) is 12.3. The highest BCUT2D eigenvalue weighted by Gasteiger charge is 2.18. The quantitative estimate of drug-likeness (QED) is 0.935. The first kappa shape index (κ1) is 13.5. The summed E-state index contributed by atoms with van der Waals surface area (Å²) in [5.41, 5.74) is 1.53. The summed E-state index contributed by atoms with van der Waals surface area (Å²) in [7, 11) is 0. The standard InChI is InChI=1S/C15H17N3O3/c1-3-18-12(6-7-16-18)10(2)17-15(19)11-4-5-13-14(8-11)21-9-20-13/h4-8,10H,3,9H2,1-2H3,(H,17,19). The SMILES string of the molecule is CCn1nccc1C(C)NC(=O)c1ccc2c(c1)OCO2. The van der Waals surface area contributed by atoms with Crippen molar-refractivity contribution in [3.63, 3.8) is 0 Å². The van der Waals surface area contributed by atoms with Crippen molar-refractivity contribution in [2.45, 2.75) is 26.4 Å². The fourth-order valence-electron chi connectivity index (χ4n) is 2.37. The molecule has 0 saturated carbocycles. The molecule has 21 heavy (non-hydrogen) atoms. The average Bonchev–Trinajstić information content (AvgIpc) is 3.14. The normalized spacial score (nSPS) is 14.0. The second-order valence-corrected chi connectivity index (χ2v) is 4.84. The Morgan fingerprint density at radius 1 is 1.38 bits per heavy atom. The molecule has 1 amide bonds. The molecule has 1 aliphatic heterocycles. The molecule has 1 aliphatic rings. The van der Waals surface area contributed by atoms with Crippen molar-refractivity contribution in [2.75, 3.05) is 6.79 Å². The molecular weight excluding hydrogens is 270 g/mol. The van der Waals surface area contributed by atoms with Crippen LogP contribution < -0.4 is 14.8 Å². The smallest absolute Gasteiger partial charge is 0.251 e. The molecule has 0 spiro atoms. The molecule has 0 fully saturated rings. The lowest BCUT2D eigenvalue weighted by Crippen LogP contribution is -2.28. The van der Waals surface area contributed by atoms with Crippen molar-refractivity contribution < 1.29 is 14.3 Å². The van der Waals surface area contributed by atoms with Gasteiger partial charge in [-0.25, -0.2) is 0 Å². The maximum Gasteiger partial charge on any atom is 0.251 e. The topological polar surface area (TPSA) is 65.4 Å². The van der Waals surface area contributed by atoms with Crippen LogP contribution in [0.2, 0.25) is 0 Å². The number of hydrogen-bond acceptors (Lipinski definition) is 4. The van der Waals surface area contributed by atoms with Crippen LogP contribution in [0.15, 0.2) is 30.5 Å². The van der Waals surface area contributed by atoms with Crippen LogP contribution in [0.1, 0.15) is 35.9 Å². The fraction of sp³-hybridized carbons (Fsp3) is 0.333. The van der Waals surface area contributed by atoms with Gasteiger partial charge in [-0.1, -0.05) is 0 Å². The van der Waals surface area contributed by atoms with E-state index in [9.17, 15) is 4.79 Å². The Morgan fingerprint density at radius 2 is 2.19 bits per heavy atom. The monoisotopic (exact) mass is 287 g/mol. The molecule has 6 heteroatoms. The van der Waals surface area contributed by atoms with Crippen LogP contribution in [0.3, 0.4) is 0 Å². The van der Waals surface area contributed by atoms with E-state index in [4.69, 9.17) is 9.47 Å². The molecule has 3 rings (SSSR count). The number of aryl methyl sites for hydroxylation is 1. The molecule has 2 aromatic rings. The number of fused-ring (bicyclic) bond motifs is 1. The molecule has 2 heterocycles. The van der Waals surface area contributed by atoms with Crippen LogP contribution in [0.4, 0.5) is 0 Å². The van der Waals surface area contributed by atoms with Crippen molar-refractivity contribution >= 4 is 5.91 Å². The van der Waals surface area contributed by atoms with E-state index in [-0.39, 0.29) is 18.7 Å². The van der Waals surface area contributed by atoms with E-state index in [1.807, 2.05) is 24.6 Å². The molecule has 0 saturated heterocycles. The Morgan fingerprint density at radius 3 is 3.00 bits per heavy atom. The second-order valence-electron chi connectivity index (χ2n) is 4.84. The zero-order chi connectivity index (χ0) is 14.8. The summed E-state index contributed by atoms with van der Waals surface area (Å²) in [5, 5.41) is 7.18. The van der Waals surface area contributed by atoms with Crippen molar-refractivity contribution in [3.8, 4) is 11.5 Å². The lowest BCUT2D eigenvalue weighted by Gasteiger charge is -2.15. The van der Waals surface area contributed by atoms with Gasteiger partial charge in [0.1, 0.15) is 0 Å². The number of carbonyl (C=O) groups excluding carboxylic acids is 1. The van der Waals surface area contributed by atoms with Gasteiger partial charge < -0.3 is 14.8 Å². The number of carbonyl (C=O) groups is 1. The molecule has 1 N–H and O–H groups in total. The van der Waals surface area contributed by atoms with E-state index < -0.39 is 0 Å². The van der Waals surface area contributed by atoms with Crippen LogP contribution >= 0.6 is 0 Å². The molecule has 0 radical (unpaired) electrons. The highest BCUT2D eigenvalue weighted by Crippen LogP contribution is 2.32. The van der Waals surface area contributed by atoms with Crippen LogP contribution in [0.25, 0.3) is 0 Å². The number of nitrogens with zero attached hydrogens (tertiary/aromatic N) is 2. The Hall–Kier alpha value is -2.50. The first-order valence-corrected chi connectivity index (χ1v) is 6.91. The van der Waals surface area contributed by atoms with Gasteiger partial charge in [-0.2, -0.15) is 5.10 Å².